The van der Waals surface area contributed by atoms with Crippen molar-refractivity contribution in [1.82, 2.24) is 14.7 Å². The van der Waals surface area contributed by atoms with E-state index in [-0.39, 0.29) is 0 Å². The third-order valence-corrected chi connectivity index (χ3v) is 7.22. The van der Waals surface area contributed by atoms with Gasteiger partial charge in [-0.3, -0.25) is 4.79 Å². The molecule has 3 aromatic rings. The fourth-order valence-electron chi connectivity index (χ4n) is 5.70. The van der Waals surface area contributed by atoms with Crippen molar-refractivity contribution in [2.45, 2.75) is 82.7 Å². The number of nitrogens with zero attached hydrogens (tertiary/aromatic N) is 3. The number of fused-ring (bicyclic) bond motifs is 1. The molecule has 0 bridgehead atoms. The summed E-state index contributed by atoms with van der Waals surface area (Å²) in [4.78, 5) is 16.2. The molecule has 5 rings (SSSR count). The van der Waals surface area contributed by atoms with Gasteiger partial charge in [0.05, 0.1) is 23.3 Å². The summed E-state index contributed by atoms with van der Waals surface area (Å²) < 4.78 is 1.99. The number of hydrogen-bond acceptors (Lipinski definition) is 2. The van der Waals surface area contributed by atoms with Gasteiger partial charge in [0.25, 0.3) is 0 Å². The molecule has 0 N–H and O–H groups in total. The first-order chi connectivity index (χ1) is 15.3. The van der Waals surface area contributed by atoms with Gasteiger partial charge in [-0.15, -0.1) is 0 Å². The van der Waals surface area contributed by atoms with Crippen LogP contribution in [0, 0.1) is 0 Å². The van der Waals surface area contributed by atoms with E-state index in [2.05, 4.69) is 23.1 Å². The SMILES string of the molecule is O=C(Cc1c2ccccc2nn1-c1ccccc1)N(C1CCCCC1)C1CCCCC1. The second kappa shape index (κ2) is 9.25. The highest BCUT2D eigenvalue weighted by Crippen LogP contribution is 2.32. The maximum absolute atomic E-state index is 13.9. The Morgan fingerprint density at radius 2 is 1.39 bits per heavy atom. The zero-order valence-electron chi connectivity index (χ0n) is 18.4. The van der Waals surface area contributed by atoms with Crippen LogP contribution < -0.4 is 0 Å². The van der Waals surface area contributed by atoms with Crippen molar-refractivity contribution in [2.24, 2.45) is 0 Å². The molecular formula is C27H33N3O. The number of para-hydroxylation sites is 1. The Hall–Kier alpha value is -2.62. The third-order valence-electron chi connectivity index (χ3n) is 7.22. The van der Waals surface area contributed by atoms with Gasteiger partial charge in [-0.1, -0.05) is 74.9 Å². The van der Waals surface area contributed by atoms with Crippen molar-refractivity contribution in [2.75, 3.05) is 0 Å². The van der Waals surface area contributed by atoms with Crippen molar-refractivity contribution < 1.29 is 4.79 Å². The standard InChI is InChI=1S/C27H33N3O/c31-27(29(21-12-4-1-5-13-21)22-14-6-2-7-15-22)20-26-24-18-10-11-19-25(24)28-30(26)23-16-8-3-9-17-23/h3,8-11,16-19,21-22H,1-2,4-7,12-15,20H2. The summed E-state index contributed by atoms with van der Waals surface area (Å²) in [6.07, 6.45) is 12.7. The number of amides is 1. The number of hydrogen-bond donors (Lipinski definition) is 0. The van der Waals surface area contributed by atoms with Crippen LogP contribution in [0.4, 0.5) is 0 Å². The Kier molecular flexibility index (Phi) is 6.06. The van der Waals surface area contributed by atoms with Gasteiger partial charge >= 0.3 is 0 Å². The van der Waals surface area contributed by atoms with Crippen molar-refractivity contribution in [3.63, 3.8) is 0 Å². The van der Waals surface area contributed by atoms with Crippen LogP contribution in [0.25, 0.3) is 16.6 Å². The van der Waals surface area contributed by atoms with Gasteiger partial charge in [-0.05, 0) is 43.9 Å². The third kappa shape index (κ3) is 4.26. The maximum Gasteiger partial charge on any atom is 0.229 e. The summed E-state index contributed by atoms with van der Waals surface area (Å²) in [6, 6.07) is 19.3. The van der Waals surface area contributed by atoms with Crippen molar-refractivity contribution in [1.29, 1.82) is 0 Å². The Labute approximate surface area is 185 Å². The Morgan fingerprint density at radius 3 is 2.03 bits per heavy atom. The van der Waals surface area contributed by atoms with Crippen molar-refractivity contribution in [3.05, 3.63) is 60.3 Å². The van der Waals surface area contributed by atoms with Crippen LogP contribution in [0.2, 0.25) is 0 Å². The molecule has 2 aliphatic carbocycles. The number of aromatic nitrogens is 2. The van der Waals surface area contributed by atoms with Gasteiger partial charge in [0.1, 0.15) is 0 Å². The second-order valence-electron chi connectivity index (χ2n) is 9.27. The van der Waals surface area contributed by atoms with Gasteiger partial charge < -0.3 is 4.90 Å². The van der Waals surface area contributed by atoms with E-state index in [1.165, 1.54) is 64.2 Å². The number of carbonyl (C=O) groups is 1. The molecule has 0 atom stereocenters. The minimum atomic E-state index is 0.293. The van der Waals surface area contributed by atoms with E-state index in [0.29, 0.717) is 24.4 Å². The normalized spacial score (nSPS) is 18.3. The molecule has 0 aliphatic heterocycles. The first kappa shape index (κ1) is 20.3. The fourth-order valence-corrected chi connectivity index (χ4v) is 5.70. The smallest absolute Gasteiger partial charge is 0.229 e. The maximum atomic E-state index is 13.9. The quantitative estimate of drug-likeness (QED) is 0.508. The molecule has 0 saturated heterocycles. The molecule has 0 radical (unpaired) electrons. The minimum Gasteiger partial charge on any atom is -0.336 e. The van der Waals surface area contributed by atoms with Crippen LogP contribution in [0.1, 0.15) is 69.9 Å². The largest absolute Gasteiger partial charge is 0.336 e. The molecular weight excluding hydrogens is 382 g/mol. The van der Waals surface area contributed by atoms with Gasteiger partial charge in [-0.25, -0.2) is 4.68 Å². The van der Waals surface area contributed by atoms with E-state index < -0.39 is 0 Å². The van der Waals surface area contributed by atoms with Gasteiger partial charge in [-0.2, -0.15) is 5.10 Å². The lowest BCUT2D eigenvalue weighted by atomic mass is 9.88. The monoisotopic (exact) mass is 415 g/mol. The number of rotatable bonds is 5. The van der Waals surface area contributed by atoms with E-state index in [1.54, 1.807) is 0 Å². The average Bonchev–Trinajstić information content (AvgIpc) is 3.20. The Balaban J connectivity index is 1.50. The lowest BCUT2D eigenvalue weighted by molar-refractivity contribution is -0.137. The molecule has 162 valence electrons. The molecule has 2 saturated carbocycles. The molecule has 1 heterocycles. The van der Waals surface area contributed by atoms with E-state index in [4.69, 9.17) is 5.10 Å². The molecule has 2 aliphatic rings. The molecule has 1 aromatic heterocycles. The molecule has 2 aromatic carbocycles. The lowest BCUT2D eigenvalue weighted by Crippen LogP contribution is -2.49. The van der Waals surface area contributed by atoms with Crippen LogP contribution >= 0.6 is 0 Å². The first-order valence-corrected chi connectivity index (χ1v) is 12.1. The topological polar surface area (TPSA) is 38.1 Å². The van der Waals surface area contributed by atoms with E-state index in [1.807, 2.05) is 41.1 Å². The van der Waals surface area contributed by atoms with Crippen LogP contribution in [0.15, 0.2) is 54.6 Å². The van der Waals surface area contributed by atoms with E-state index in [0.717, 1.165) is 22.3 Å². The summed E-state index contributed by atoms with van der Waals surface area (Å²) >= 11 is 0. The minimum absolute atomic E-state index is 0.293. The summed E-state index contributed by atoms with van der Waals surface area (Å²) in [5.74, 6) is 0.293. The van der Waals surface area contributed by atoms with Crippen molar-refractivity contribution >= 4 is 16.8 Å². The zero-order chi connectivity index (χ0) is 21.0. The molecule has 0 spiro atoms. The van der Waals surface area contributed by atoms with Crippen molar-refractivity contribution in [3.8, 4) is 5.69 Å². The van der Waals surface area contributed by atoms with Gasteiger partial charge in [0.2, 0.25) is 5.91 Å². The van der Waals surface area contributed by atoms with Crippen LogP contribution in [0.3, 0.4) is 0 Å². The zero-order valence-corrected chi connectivity index (χ0v) is 18.4. The highest BCUT2D eigenvalue weighted by molar-refractivity contribution is 5.88. The summed E-state index contributed by atoms with van der Waals surface area (Å²) in [7, 11) is 0. The van der Waals surface area contributed by atoms with Crippen LogP contribution in [-0.4, -0.2) is 32.7 Å². The highest BCUT2D eigenvalue weighted by Gasteiger charge is 2.33. The van der Waals surface area contributed by atoms with Gasteiger partial charge in [0.15, 0.2) is 0 Å². The molecule has 0 unspecified atom stereocenters. The Bertz CT molecular complexity index is 995. The predicted octanol–water partition coefficient (Wildman–Crippen LogP) is 6.06. The second-order valence-corrected chi connectivity index (χ2v) is 9.27. The molecule has 4 heteroatoms. The Morgan fingerprint density at radius 1 is 0.806 bits per heavy atom. The predicted molar refractivity (Wildman–Crippen MR) is 125 cm³/mol. The lowest BCUT2D eigenvalue weighted by Gasteiger charge is -2.42. The molecule has 1 amide bonds. The highest BCUT2D eigenvalue weighted by atomic mass is 16.2. The van der Waals surface area contributed by atoms with E-state index >= 15 is 0 Å². The molecule has 2 fully saturated rings. The summed E-state index contributed by atoms with van der Waals surface area (Å²) in [5.41, 5.74) is 2.99. The van der Waals surface area contributed by atoms with Crippen LogP contribution in [-0.2, 0) is 11.2 Å². The summed E-state index contributed by atoms with van der Waals surface area (Å²) in [6.45, 7) is 0. The van der Waals surface area contributed by atoms with E-state index in [9.17, 15) is 4.79 Å². The number of benzene rings is 2. The molecule has 4 nitrogen and oxygen atoms in total. The fraction of sp³-hybridized carbons (Fsp3) is 0.481. The summed E-state index contributed by atoms with van der Waals surface area (Å²) in [5, 5.41) is 5.96. The average molecular weight is 416 g/mol. The number of carbonyl (C=O) groups excluding carboxylic acids is 1. The van der Waals surface area contributed by atoms with Crippen LogP contribution in [0.5, 0.6) is 0 Å². The molecule has 31 heavy (non-hydrogen) atoms. The van der Waals surface area contributed by atoms with Gasteiger partial charge in [0, 0.05) is 17.5 Å². The first-order valence-electron chi connectivity index (χ1n) is 12.1.